The van der Waals surface area contributed by atoms with Crippen LogP contribution >= 0.6 is 15.9 Å². The molecule has 2 amide bonds. The number of halogens is 1. The monoisotopic (exact) mass is 324 g/mol. The fraction of sp³-hybridized carbons (Fsp3) is 0.429. The molecule has 0 bridgehead atoms. The standard InChI is InChI=1S/C14H17BrN2O2/c15-9-11-3-1-2-4-12(11)14(19)17-7-5-10(6-8-17)13(16)18/h1-4,10H,5-9H2,(H2,16,18). The van der Waals surface area contributed by atoms with E-state index in [0.717, 1.165) is 11.1 Å². The molecule has 1 saturated heterocycles. The van der Waals surface area contributed by atoms with Crippen LogP contribution in [-0.2, 0) is 10.1 Å². The van der Waals surface area contributed by atoms with E-state index < -0.39 is 0 Å². The van der Waals surface area contributed by atoms with E-state index in [1.807, 2.05) is 24.3 Å². The molecule has 1 aromatic rings. The van der Waals surface area contributed by atoms with E-state index in [2.05, 4.69) is 15.9 Å². The van der Waals surface area contributed by atoms with E-state index >= 15 is 0 Å². The van der Waals surface area contributed by atoms with Crippen molar-refractivity contribution < 1.29 is 9.59 Å². The van der Waals surface area contributed by atoms with Crippen molar-refractivity contribution in [3.05, 3.63) is 35.4 Å². The van der Waals surface area contributed by atoms with Gasteiger partial charge in [0.25, 0.3) is 5.91 Å². The maximum Gasteiger partial charge on any atom is 0.254 e. The van der Waals surface area contributed by atoms with Gasteiger partial charge >= 0.3 is 0 Å². The van der Waals surface area contributed by atoms with Gasteiger partial charge in [-0.15, -0.1) is 0 Å². The number of hydrogen-bond acceptors (Lipinski definition) is 2. The van der Waals surface area contributed by atoms with Gasteiger partial charge in [0, 0.05) is 29.9 Å². The van der Waals surface area contributed by atoms with Crippen LogP contribution in [0.1, 0.15) is 28.8 Å². The second kappa shape index (κ2) is 6.19. The Kier molecular flexibility index (Phi) is 4.58. The third kappa shape index (κ3) is 3.15. The van der Waals surface area contributed by atoms with Crippen molar-refractivity contribution in [2.45, 2.75) is 18.2 Å². The van der Waals surface area contributed by atoms with Gasteiger partial charge in [-0.3, -0.25) is 9.59 Å². The third-order valence-corrected chi connectivity index (χ3v) is 4.18. The zero-order valence-corrected chi connectivity index (χ0v) is 12.2. The highest BCUT2D eigenvalue weighted by molar-refractivity contribution is 9.08. The van der Waals surface area contributed by atoms with Gasteiger partial charge < -0.3 is 10.6 Å². The topological polar surface area (TPSA) is 63.4 Å². The molecular formula is C14H17BrN2O2. The van der Waals surface area contributed by atoms with Crippen LogP contribution in [0.2, 0.25) is 0 Å². The number of piperidine rings is 1. The van der Waals surface area contributed by atoms with Gasteiger partial charge in [0.15, 0.2) is 0 Å². The van der Waals surface area contributed by atoms with Crippen molar-refractivity contribution in [3.8, 4) is 0 Å². The molecule has 1 heterocycles. The van der Waals surface area contributed by atoms with Gasteiger partial charge in [-0.25, -0.2) is 0 Å². The summed E-state index contributed by atoms with van der Waals surface area (Å²) in [4.78, 5) is 25.4. The summed E-state index contributed by atoms with van der Waals surface area (Å²) in [6, 6.07) is 7.58. The first-order valence-electron chi connectivity index (χ1n) is 6.36. The number of amides is 2. The molecular weight excluding hydrogens is 308 g/mol. The van der Waals surface area contributed by atoms with Gasteiger partial charge in [-0.1, -0.05) is 34.1 Å². The minimum absolute atomic E-state index is 0.0398. The number of hydrogen-bond donors (Lipinski definition) is 1. The number of likely N-dealkylation sites (tertiary alicyclic amines) is 1. The zero-order valence-electron chi connectivity index (χ0n) is 10.6. The molecule has 2 N–H and O–H groups in total. The number of alkyl halides is 1. The Labute approximate surface area is 121 Å². The summed E-state index contributed by atoms with van der Waals surface area (Å²) in [6.45, 7) is 1.20. The number of primary amides is 1. The van der Waals surface area contributed by atoms with E-state index in [9.17, 15) is 9.59 Å². The highest BCUT2D eigenvalue weighted by atomic mass is 79.9. The molecule has 0 saturated carbocycles. The average molecular weight is 325 g/mol. The molecule has 102 valence electrons. The Morgan fingerprint density at radius 3 is 2.47 bits per heavy atom. The normalized spacial score (nSPS) is 16.4. The predicted octanol–water partition coefficient (Wildman–Crippen LogP) is 1.92. The Bertz CT molecular complexity index is 482. The maximum absolute atomic E-state index is 12.4. The second-order valence-electron chi connectivity index (χ2n) is 4.76. The van der Waals surface area contributed by atoms with Crippen LogP contribution in [-0.4, -0.2) is 29.8 Å². The Hall–Kier alpha value is -1.36. The molecule has 4 nitrogen and oxygen atoms in total. The van der Waals surface area contributed by atoms with Crippen molar-refractivity contribution in [3.63, 3.8) is 0 Å². The molecule has 5 heteroatoms. The lowest BCUT2D eigenvalue weighted by Gasteiger charge is -2.31. The Morgan fingerprint density at radius 1 is 1.26 bits per heavy atom. The van der Waals surface area contributed by atoms with E-state index in [1.54, 1.807) is 4.90 Å². The molecule has 1 fully saturated rings. The molecule has 1 aliphatic rings. The number of carbonyl (C=O) groups excluding carboxylic acids is 2. The number of benzene rings is 1. The molecule has 0 atom stereocenters. The third-order valence-electron chi connectivity index (χ3n) is 3.58. The number of nitrogens with two attached hydrogens (primary N) is 1. The summed E-state index contributed by atoms with van der Waals surface area (Å²) >= 11 is 3.40. The minimum Gasteiger partial charge on any atom is -0.369 e. The Balaban J connectivity index is 2.07. The van der Waals surface area contributed by atoms with Crippen molar-refractivity contribution >= 4 is 27.7 Å². The predicted molar refractivity (Wildman–Crippen MR) is 76.9 cm³/mol. The van der Waals surface area contributed by atoms with Crippen LogP contribution in [0.4, 0.5) is 0 Å². The summed E-state index contributed by atoms with van der Waals surface area (Å²) in [5, 5.41) is 0.659. The van der Waals surface area contributed by atoms with Crippen molar-refractivity contribution in [1.29, 1.82) is 0 Å². The van der Waals surface area contributed by atoms with Crippen molar-refractivity contribution in [1.82, 2.24) is 4.90 Å². The van der Waals surface area contributed by atoms with E-state index in [0.29, 0.717) is 31.3 Å². The zero-order chi connectivity index (χ0) is 13.8. The average Bonchev–Trinajstić information content (AvgIpc) is 2.46. The minimum atomic E-state index is -0.257. The van der Waals surface area contributed by atoms with Crippen LogP contribution in [0.15, 0.2) is 24.3 Å². The van der Waals surface area contributed by atoms with Crippen LogP contribution < -0.4 is 5.73 Å². The quantitative estimate of drug-likeness (QED) is 0.863. The summed E-state index contributed by atoms with van der Waals surface area (Å²) < 4.78 is 0. The lowest BCUT2D eigenvalue weighted by Crippen LogP contribution is -2.42. The molecule has 1 aromatic carbocycles. The maximum atomic E-state index is 12.4. The van der Waals surface area contributed by atoms with E-state index in [4.69, 9.17) is 5.73 Å². The lowest BCUT2D eigenvalue weighted by molar-refractivity contribution is -0.123. The lowest BCUT2D eigenvalue weighted by atomic mass is 9.95. The van der Waals surface area contributed by atoms with Crippen LogP contribution in [0.5, 0.6) is 0 Å². The van der Waals surface area contributed by atoms with Gasteiger partial charge in [-0.05, 0) is 24.5 Å². The fourth-order valence-electron chi connectivity index (χ4n) is 2.38. The first-order valence-corrected chi connectivity index (χ1v) is 7.48. The highest BCUT2D eigenvalue weighted by Gasteiger charge is 2.27. The number of rotatable bonds is 3. The van der Waals surface area contributed by atoms with Gasteiger partial charge in [0.05, 0.1) is 0 Å². The van der Waals surface area contributed by atoms with E-state index in [1.165, 1.54) is 0 Å². The summed E-state index contributed by atoms with van der Waals surface area (Å²) in [7, 11) is 0. The van der Waals surface area contributed by atoms with Crippen molar-refractivity contribution in [2.75, 3.05) is 13.1 Å². The van der Waals surface area contributed by atoms with Crippen molar-refractivity contribution in [2.24, 2.45) is 11.7 Å². The first-order chi connectivity index (χ1) is 9.13. The number of carbonyl (C=O) groups is 2. The van der Waals surface area contributed by atoms with Gasteiger partial charge in [0.2, 0.25) is 5.91 Å². The molecule has 0 unspecified atom stereocenters. The molecule has 0 radical (unpaired) electrons. The summed E-state index contributed by atoms with van der Waals surface area (Å²) in [6.07, 6.45) is 1.33. The van der Waals surface area contributed by atoms with Crippen LogP contribution in [0.25, 0.3) is 0 Å². The molecule has 2 rings (SSSR count). The molecule has 0 spiro atoms. The Morgan fingerprint density at radius 2 is 1.89 bits per heavy atom. The SMILES string of the molecule is NC(=O)C1CCN(C(=O)c2ccccc2CBr)CC1. The molecule has 1 aliphatic heterocycles. The smallest absolute Gasteiger partial charge is 0.254 e. The largest absolute Gasteiger partial charge is 0.369 e. The second-order valence-corrected chi connectivity index (χ2v) is 5.32. The summed E-state index contributed by atoms with van der Waals surface area (Å²) in [5.74, 6) is -0.304. The van der Waals surface area contributed by atoms with Gasteiger partial charge in [0.1, 0.15) is 0 Å². The summed E-state index contributed by atoms with van der Waals surface area (Å²) in [5.41, 5.74) is 7.02. The molecule has 19 heavy (non-hydrogen) atoms. The highest BCUT2D eigenvalue weighted by Crippen LogP contribution is 2.21. The van der Waals surface area contributed by atoms with Crippen LogP contribution in [0, 0.1) is 5.92 Å². The molecule has 0 aliphatic carbocycles. The van der Waals surface area contributed by atoms with Crippen LogP contribution in [0.3, 0.4) is 0 Å². The molecule has 0 aromatic heterocycles. The number of nitrogens with zero attached hydrogens (tertiary/aromatic N) is 1. The van der Waals surface area contributed by atoms with E-state index in [-0.39, 0.29) is 17.7 Å². The first kappa shape index (κ1) is 14.1. The van der Waals surface area contributed by atoms with Gasteiger partial charge in [-0.2, -0.15) is 0 Å². The fourth-order valence-corrected chi connectivity index (χ4v) is 2.87.